The van der Waals surface area contributed by atoms with Crippen LogP contribution in [0.15, 0.2) is 38.3 Å². The summed E-state index contributed by atoms with van der Waals surface area (Å²) in [7, 11) is 2.98. The number of ketones is 1. The molecule has 0 N–H and O–H groups in total. The summed E-state index contributed by atoms with van der Waals surface area (Å²) in [4.78, 5) is 40.3. The van der Waals surface area contributed by atoms with Crippen LogP contribution in [-0.2, 0) is 25.4 Å². The molecule has 0 amide bonds. The Morgan fingerprint density at radius 2 is 1.85 bits per heavy atom. The maximum Gasteiger partial charge on any atom is 0.330 e. The van der Waals surface area contributed by atoms with Crippen molar-refractivity contribution in [1.29, 1.82) is 0 Å². The number of carbonyl (C=O) groups excluding carboxylic acids is 1. The monoisotopic (exact) mass is 421 g/mol. The number of hydrogen-bond acceptors (Lipinski definition) is 5. The quantitative estimate of drug-likeness (QED) is 0.685. The largest absolute Gasteiger partial charge is 0.379 e. The molecule has 0 saturated carbocycles. The second-order valence-electron chi connectivity index (χ2n) is 6.26. The molecule has 1 fully saturated rings. The van der Waals surface area contributed by atoms with Crippen molar-refractivity contribution < 1.29 is 9.53 Å². The number of morpholine rings is 1. The number of halogens is 1. The fourth-order valence-corrected chi connectivity index (χ4v) is 3.44. The van der Waals surface area contributed by atoms with E-state index in [1.54, 1.807) is 25.2 Å². The van der Waals surface area contributed by atoms with Gasteiger partial charge < -0.3 is 4.74 Å². The van der Waals surface area contributed by atoms with Crippen molar-refractivity contribution in [3.8, 4) is 0 Å². The molecule has 1 saturated heterocycles. The molecule has 0 bridgehead atoms. The molecule has 1 aliphatic heterocycles. The van der Waals surface area contributed by atoms with Crippen molar-refractivity contribution >= 4 is 21.7 Å². The Morgan fingerprint density at radius 3 is 2.50 bits per heavy atom. The van der Waals surface area contributed by atoms with Gasteiger partial charge in [-0.3, -0.25) is 23.6 Å². The van der Waals surface area contributed by atoms with Crippen LogP contribution < -0.4 is 11.2 Å². The third kappa shape index (κ3) is 3.58. The highest BCUT2D eigenvalue weighted by molar-refractivity contribution is 9.10. The van der Waals surface area contributed by atoms with E-state index >= 15 is 0 Å². The highest BCUT2D eigenvalue weighted by Crippen LogP contribution is 2.17. The van der Waals surface area contributed by atoms with Crippen LogP contribution in [0.1, 0.15) is 21.6 Å². The lowest BCUT2D eigenvalue weighted by atomic mass is 10.0. The Kier molecular flexibility index (Phi) is 5.55. The van der Waals surface area contributed by atoms with Crippen molar-refractivity contribution in [3.63, 3.8) is 0 Å². The van der Waals surface area contributed by atoms with Gasteiger partial charge in [-0.1, -0.05) is 28.1 Å². The highest BCUT2D eigenvalue weighted by Gasteiger charge is 2.25. The second kappa shape index (κ2) is 7.69. The van der Waals surface area contributed by atoms with E-state index in [0.29, 0.717) is 44.1 Å². The first-order chi connectivity index (χ1) is 12.4. The van der Waals surface area contributed by atoms with Crippen molar-refractivity contribution in [2.24, 2.45) is 14.1 Å². The average molecular weight is 422 g/mol. The van der Waals surface area contributed by atoms with Crippen molar-refractivity contribution in [1.82, 2.24) is 14.0 Å². The summed E-state index contributed by atoms with van der Waals surface area (Å²) >= 11 is 3.35. The van der Waals surface area contributed by atoms with Gasteiger partial charge in [-0.05, 0) is 12.1 Å². The molecule has 0 atom stereocenters. The van der Waals surface area contributed by atoms with E-state index in [1.807, 2.05) is 6.07 Å². The predicted molar refractivity (Wildman–Crippen MR) is 101 cm³/mol. The number of aromatic nitrogens is 2. The van der Waals surface area contributed by atoms with Crippen LogP contribution in [0.4, 0.5) is 0 Å². The minimum Gasteiger partial charge on any atom is -0.379 e. The van der Waals surface area contributed by atoms with Crippen molar-refractivity contribution in [2.75, 3.05) is 26.3 Å². The summed E-state index contributed by atoms with van der Waals surface area (Å²) in [5, 5.41) is 0. The zero-order valence-electron chi connectivity index (χ0n) is 14.7. The topological polar surface area (TPSA) is 73.5 Å². The molecule has 0 unspecified atom stereocenters. The van der Waals surface area contributed by atoms with Crippen molar-refractivity contribution in [2.45, 2.75) is 6.54 Å². The number of rotatable bonds is 4. The van der Waals surface area contributed by atoms with E-state index in [9.17, 15) is 14.4 Å². The molecule has 138 valence electrons. The summed E-state index contributed by atoms with van der Waals surface area (Å²) in [6, 6.07) is 6.89. The van der Waals surface area contributed by atoms with Crippen LogP contribution in [0.3, 0.4) is 0 Å². The van der Waals surface area contributed by atoms with Crippen LogP contribution in [0, 0.1) is 0 Å². The van der Waals surface area contributed by atoms with Gasteiger partial charge in [0.15, 0.2) is 5.78 Å². The third-order valence-corrected chi connectivity index (χ3v) is 5.07. The van der Waals surface area contributed by atoms with Crippen LogP contribution >= 0.6 is 15.9 Å². The van der Waals surface area contributed by atoms with Crippen LogP contribution in [-0.4, -0.2) is 46.1 Å². The summed E-state index contributed by atoms with van der Waals surface area (Å²) in [5.41, 5.74) is -0.132. The molecule has 1 aliphatic rings. The summed E-state index contributed by atoms with van der Waals surface area (Å²) in [6.45, 7) is 2.91. The SMILES string of the molecule is Cn1c(CN2CCOCC2)c(C(=O)c2cccc(Br)c2)c(=O)n(C)c1=O. The molecule has 0 spiro atoms. The first-order valence-electron chi connectivity index (χ1n) is 8.29. The molecule has 1 aromatic carbocycles. The fourth-order valence-electron chi connectivity index (χ4n) is 3.04. The number of ether oxygens (including phenoxy) is 1. The standard InChI is InChI=1S/C18H20BrN3O4/c1-20-14(11-22-6-8-26-9-7-22)15(17(24)21(2)18(20)25)16(23)12-4-3-5-13(19)10-12/h3-5,10H,6-9,11H2,1-2H3. The minimum atomic E-state index is -0.568. The van der Waals surface area contributed by atoms with Gasteiger partial charge in [0.2, 0.25) is 0 Å². The molecule has 2 heterocycles. The molecule has 3 rings (SSSR count). The molecule has 1 aromatic heterocycles. The van der Waals surface area contributed by atoms with Crippen LogP contribution in [0.25, 0.3) is 0 Å². The van der Waals surface area contributed by atoms with Crippen LogP contribution in [0.5, 0.6) is 0 Å². The molecular formula is C18H20BrN3O4. The lowest BCUT2D eigenvalue weighted by Gasteiger charge is -2.28. The third-order valence-electron chi connectivity index (χ3n) is 4.58. The molecule has 7 nitrogen and oxygen atoms in total. The average Bonchev–Trinajstić information content (AvgIpc) is 2.65. The van der Waals surface area contributed by atoms with Gasteiger partial charge in [0.1, 0.15) is 5.56 Å². The van der Waals surface area contributed by atoms with Gasteiger partial charge in [0, 0.05) is 43.8 Å². The first kappa shape index (κ1) is 18.8. The number of benzene rings is 1. The smallest absolute Gasteiger partial charge is 0.330 e. The molecule has 2 aromatic rings. The van der Waals surface area contributed by atoms with Gasteiger partial charge in [-0.15, -0.1) is 0 Å². The first-order valence-corrected chi connectivity index (χ1v) is 9.08. The lowest BCUT2D eigenvalue weighted by molar-refractivity contribution is 0.0329. The van der Waals surface area contributed by atoms with E-state index in [4.69, 9.17) is 4.74 Å². The second-order valence-corrected chi connectivity index (χ2v) is 7.17. The van der Waals surface area contributed by atoms with E-state index in [2.05, 4.69) is 20.8 Å². The van der Waals surface area contributed by atoms with E-state index in [1.165, 1.54) is 11.6 Å². The molecule has 8 heteroatoms. The van der Waals surface area contributed by atoms with E-state index in [0.717, 1.165) is 9.04 Å². The highest BCUT2D eigenvalue weighted by atomic mass is 79.9. The number of carbonyl (C=O) groups is 1. The summed E-state index contributed by atoms with van der Waals surface area (Å²) < 4.78 is 8.47. The normalized spacial score (nSPS) is 15.2. The van der Waals surface area contributed by atoms with Gasteiger partial charge in [-0.2, -0.15) is 0 Å². The van der Waals surface area contributed by atoms with Gasteiger partial charge in [0.05, 0.1) is 18.9 Å². The number of nitrogens with zero attached hydrogens (tertiary/aromatic N) is 3. The van der Waals surface area contributed by atoms with Crippen molar-refractivity contribution in [3.05, 3.63) is 66.4 Å². The Bertz CT molecular complexity index is 958. The summed E-state index contributed by atoms with van der Waals surface area (Å²) in [6.07, 6.45) is 0. The van der Waals surface area contributed by atoms with Gasteiger partial charge >= 0.3 is 5.69 Å². The fraction of sp³-hybridized carbons (Fsp3) is 0.389. The van der Waals surface area contributed by atoms with E-state index < -0.39 is 11.2 Å². The Balaban J connectivity index is 2.14. The Hall–Kier alpha value is -2.03. The maximum absolute atomic E-state index is 13.1. The molecule has 26 heavy (non-hydrogen) atoms. The Morgan fingerprint density at radius 1 is 1.15 bits per heavy atom. The minimum absolute atomic E-state index is 0.0409. The number of hydrogen-bond donors (Lipinski definition) is 0. The maximum atomic E-state index is 13.1. The zero-order valence-corrected chi connectivity index (χ0v) is 16.3. The lowest BCUT2D eigenvalue weighted by Crippen LogP contribution is -2.45. The predicted octanol–water partition coefficient (Wildman–Crippen LogP) is 0.910. The Labute approximate surface area is 158 Å². The zero-order chi connectivity index (χ0) is 18.8. The summed E-state index contributed by atoms with van der Waals surface area (Å²) in [5.74, 6) is -0.384. The van der Waals surface area contributed by atoms with Gasteiger partial charge in [-0.25, -0.2) is 4.79 Å². The molecule has 0 aliphatic carbocycles. The van der Waals surface area contributed by atoms with Crippen LogP contribution in [0.2, 0.25) is 0 Å². The molecule has 0 radical (unpaired) electrons. The van der Waals surface area contributed by atoms with Gasteiger partial charge in [0.25, 0.3) is 5.56 Å². The molecular weight excluding hydrogens is 402 g/mol. The van der Waals surface area contributed by atoms with E-state index in [-0.39, 0.29) is 11.3 Å².